The zero-order chi connectivity index (χ0) is 14.7. The maximum Gasteiger partial charge on any atom is 0.546 e. The van der Waals surface area contributed by atoms with Crippen LogP contribution in [0.5, 0.6) is 0 Å². The number of methoxy groups -OCH3 is 1. The van der Waals surface area contributed by atoms with E-state index in [0.29, 0.717) is 10.9 Å². The third-order valence-electron chi connectivity index (χ3n) is 3.05. The highest BCUT2D eigenvalue weighted by molar-refractivity contribution is 7.47. The zero-order valence-electron chi connectivity index (χ0n) is 11.2. The highest BCUT2D eigenvalue weighted by atomic mass is 31.1. The van der Waals surface area contributed by atoms with E-state index in [1.165, 1.54) is 7.11 Å². The number of ether oxygens (including phenoxy) is 1. The average Bonchev–Trinajstić information content (AvgIpc) is 2.46. The molecule has 1 unspecified atom stereocenters. The highest BCUT2D eigenvalue weighted by Gasteiger charge is 2.23. The van der Waals surface area contributed by atoms with E-state index in [1.807, 2.05) is 13.0 Å². The average molecular weight is 289 g/mol. The molecule has 20 heavy (non-hydrogen) atoms. The van der Waals surface area contributed by atoms with Gasteiger partial charge in [-0.1, -0.05) is 24.3 Å². The molecule has 0 aliphatic rings. The number of aryl methyl sites for hydroxylation is 1. The quantitative estimate of drug-likeness (QED) is 0.697. The Morgan fingerprint density at radius 1 is 1.15 bits per heavy atom. The van der Waals surface area contributed by atoms with Crippen LogP contribution in [0, 0.1) is 6.92 Å². The lowest BCUT2D eigenvalue weighted by Gasteiger charge is -2.06. The van der Waals surface area contributed by atoms with Crippen LogP contribution in [0.3, 0.4) is 0 Å². The molecule has 0 saturated heterocycles. The summed E-state index contributed by atoms with van der Waals surface area (Å²) in [4.78, 5) is 20.8. The van der Waals surface area contributed by atoms with Gasteiger partial charge in [0.15, 0.2) is 0 Å². The fourth-order valence-electron chi connectivity index (χ4n) is 2.08. The standard InChI is InChI=1S/C15H13O4P/c1-10-4-3-5-13(20(17)18)14(10)11-6-8-12(9-7-11)15(16)19-2/h3-9H,1-2H3/p+1. The van der Waals surface area contributed by atoms with E-state index in [-0.39, 0.29) is 0 Å². The minimum Gasteiger partial charge on any atom is -0.465 e. The van der Waals surface area contributed by atoms with Gasteiger partial charge in [-0.2, -0.15) is 4.89 Å². The molecule has 1 atom stereocenters. The van der Waals surface area contributed by atoms with E-state index in [4.69, 9.17) is 0 Å². The Bertz CT molecular complexity index is 662. The van der Waals surface area contributed by atoms with Gasteiger partial charge < -0.3 is 4.74 Å². The zero-order valence-corrected chi connectivity index (χ0v) is 12.1. The maximum atomic E-state index is 11.4. The molecule has 0 saturated carbocycles. The van der Waals surface area contributed by atoms with Gasteiger partial charge in [-0.15, -0.1) is 0 Å². The number of benzene rings is 2. The molecule has 0 fully saturated rings. The van der Waals surface area contributed by atoms with Crippen LogP contribution in [0.2, 0.25) is 0 Å². The molecule has 2 aromatic carbocycles. The lowest BCUT2D eigenvalue weighted by atomic mass is 9.99. The number of esters is 1. The summed E-state index contributed by atoms with van der Waals surface area (Å²) in [5, 5.41) is 0.394. The molecule has 0 aliphatic heterocycles. The number of rotatable bonds is 3. The molecule has 2 rings (SSSR count). The van der Waals surface area contributed by atoms with E-state index in [0.717, 1.165) is 16.7 Å². The van der Waals surface area contributed by atoms with Crippen molar-refractivity contribution in [2.75, 3.05) is 7.11 Å². The smallest absolute Gasteiger partial charge is 0.465 e. The number of carbonyl (C=O) groups is 1. The van der Waals surface area contributed by atoms with Gasteiger partial charge in [0.1, 0.15) is 0 Å². The Labute approximate surface area is 117 Å². The van der Waals surface area contributed by atoms with Crippen LogP contribution >= 0.6 is 8.03 Å². The molecule has 0 aliphatic carbocycles. The monoisotopic (exact) mass is 289 g/mol. The van der Waals surface area contributed by atoms with Crippen molar-refractivity contribution in [1.82, 2.24) is 0 Å². The van der Waals surface area contributed by atoms with Gasteiger partial charge in [-0.25, -0.2) is 4.79 Å². The molecule has 2 aromatic rings. The lowest BCUT2D eigenvalue weighted by molar-refractivity contribution is 0.0601. The Morgan fingerprint density at radius 2 is 1.80 bits per heavy atom. The van der Waals surface area contributed by atoms with E-state index >= 15 is 0 Å². The first kappa shape index (κ1) is 14.4. The maximum absolute atomic E-state index is 11.4. The molecule has 5 heteroatoms. The molecule has 0 radical (unpaired) electrons. The van der Waals surface area contributed by atoms with Gasteiger partial charge in [0.2, 0.25) is 5.30 Å². The highest BCUT2D eigenvalue weighted by Crippen LogP contribution is 2.28. The van der Waals surface area contributed by atoms with Gasteiger partial charge in [0.05, 0.1) is 12.7 Å². The second-order valence-electron chi connectivity index (χ2n) is 4.31. The summed E-state index contributed by atoms with van der Waals surface area (Å²) in [5.74, 6) is -0.408. The first-order valence-electron chi connectivity index (χ1n) is 5.99. The summed E-state index contributed by atoms with van der Waals surface area (Å²) in [6, 6.07) is 12.0. The van der Waals surface area contributed by atoms with Crippen molar-refractivity contribution < 1.29 is 19.0 Å². The van der Waals surface area contributed by atoms with Crippen LogP contribution in [0.15, 0.2) is 42.5 Å². The molecule has 0 heterocycles. The summed E-state index contributed by atoms with van der Waals surface area (Å²) in [5.41, 5.74) is 2.88. The summed E-state index contributed by atoms with van der Waals surface area (Å²) < 4.78 is 16.1. The summed E-state index contributed by atoms with van der Waals surface area (Å²) >= 11 is 0. The van der Waals surface area contributed by atoms with Crippen LogP contribution in [-0.2, 0) is 9.30 Å². The topological polar surface area (TPSA) is 63.6 Å². The van der Waals surface area contributed by atoms with E-state index in [9.17, 15) is 14.3 Å². The van der Waals surface area contributed by atoms with E-state index < -0.39 is 14.0 Å². The Morgan fingerprint density at radius 3 is 2.35 bits per heavy atom. The molecular formula is C15H14O4P+. The Hall–Kier alpha value is -2.03. The van der Waals surface area contributed by atoms with Gasteiger partial charge in [-0.3, -0.25) is 0 Å². The Balaban J connectivity index is 2.52. The summed E-state index contributed by atoms with van der Waals surface area (Å²) in [7, 11) is -1.10. The molecular weight excluding hydrogens is 275 g/mol. The fraction of sp³-hybridized carbons (Fsp3) is 0.133. The van der Waals surface area contributed by atoms with Crippen molar-refractivity contribution in [3.63, 3.8) is 0 Å². The van der Waals surface area contributed by atoms with Crippen LogP contribution in [0.1, 0.15) is 15.9 Å². The van der Waals surface area contributed by atoms with Crippen LogP contribution in [0.4, 0.5) is 0 Å². The van der Waals surface area contributed by atoms with Crippen LogP contribution in [-0.4, -0.2) is 18.0 Å². The second-order valence-corrected chi connectivity index (χ2v) is 5.34. The van der Waals surface area contributed by atoms with Crippen molar-refractivity contribution in [3.8, 4) is 11.1 Å². The molecule has 0 bridgehead atoms. The normalized spacial score (nSPS) is 11.1. The largest absolute Gasteiger partial charge is 0.546 e. The first-order chi connectivity index (χ1) is 9.54. The van der Waals surface area contributed by atoms with Crippen molar-refractivity contribution in [3.05, 3.63) is 53.6 Å². The third kappa shape index (κ3) is 2.77. The summed E-state index contributed by atoms with van der Waals surface area (Å²) in [6.07, 6.45) is 0. The van der Waals surface area contributed by atoms with Crippen LogP contribution in [0.25, 0.3) is 11.1 Å². The Kier molecular flexibility index (Phi) is 4.28. The van der Waals surface area contributed by atoms with Crippen LogP contribution < -0.4 is 5.30 Å². The van der Waals surface area contributed by atoms with Gasteiger partial charge in [0, 0.05) is 5.56 Å². The fourth-order valence-corrected chi connectivity index (χ4v) is 2.79. The third-order valence-corrected chi connectivity index (χ3v) is 3.84. The predicted octanol–water partition coefficient (Wildman–Crippen LogP) is 2.81. The molecule has 1 N–H and O–H groups in total. The second kappa shape index (κ2) is 5.95. The first-order valence-corrected chi connectivity index (χ1v) is 7.20. The molecule has 4 nitrogen and oxygen atoms in total. The van der Waals surface area contributed by atoms with Crippen molar-refractivity contribution in [2.45, 2.75) is 6.92 Å². The van der Waals surface area contributed by atoms with Crippen molar-refractivity contribution >= 4 is 19.3 Å². The SMILES string of the molecule is COC(=O)c1ccc(-c2c(C)cccc2[P+](=O)O)cc1. The molecule has 0 amide bonds. The molecule has 102 valence electrons. The predicted molar refractivity (Wildman–Crippen MR) is 77.4 cm³/mol. The van der Waals surface area contributed by atoms with E-state index in [2.05, 4.69) is 4.74 Å². The number of hydrogen-bond acceptors (Lipinski definition) is 3. The molecule has 0 spiro atoms. The van der Waals surface area contributed by atoms with Gasteiger partial charge >= 0.3 is 14.0 Å². The molecule has 0 aromatic heterocycles. The minimum atomic E-state index is -2.42. The minimum absolute atomic E-state index is 0.394. The van der Waals surface area contributed by atoms with Crippen molar-refractivity contribution in [1.29, 1.82) is 0 Å². The number of hydrogen-bond donors (Lipinski definition) is 1. The van der Waals surface area contributed by atoms with Gasteiger partial charge in [0.25, 0.3) is 0 Å². The van der Waals surface area contributed by atoms with Gasteiger partial charge in [-0.05, 0) is 40.8 Å². The van der Waals surface area contributed by atoms with Crippen molar-refractivity contribution in [2.24, 2.45) is 0 Å². The lowest BCUT2D eigenvalue weighted by Crippen LogP contribution is -2.04. The summed E-state index contributed by atoms with van der Waals surface area (Å²) in [6.45, 7) is 1.88. The number of carbonyl (C=O) groups excluding carboxylic acids is 1. The van der Waals surface area contributed by atoms with E-state index in [1.54, 1.807) is 36.4 Å².